The molecule has 5 nitrogen and oxygen atoms in total. The summed E-state index contributed by atoms with van der Waals surface area (Å²) in [6, 6.07) is 15.0. The number of hydrogen-bond acceptors (Lipinski definition) is 3. The maximum atomic E-state index is 13.6. The molecule has 0 unspecified atom stereocenters. The first-order valence-electron chi connectivity index (χ1n) is 9.41. The van der Waals surface area contributed by atoms with Crippen molar-refractivity contribution in [1.82, 2.24) is 10.2 Å². The van der Waals surface area contributed by atoms with E-state index in [4.69, 9.17) is 4.74 Å². The van der Waals surface area contributed by atoms with Gasteiger partial charge in [0.2, 0.25) is 0 Å². The van der Waals surface area contributed by atoms with E-state index in [0.29, 0.717) is 13.2 Å². The second-order valence-electron chi connectivity index (χ2n) is 7.40. The molecule has 2 aliphatic heterocycles. The molecule has 4 rings (SSSR count). The summed E-state index contributed by atoms with van der Waals surface area (Å²) < 4.78 is 5.65. The van der Waals surface area contributed by atoms with Gasteiger partial charge in [-0.15, -0.1) is 0 Å². The first-order chi connectivity index (χ1) is 13.0. The average molecular weight is 364 g/mol. The predicted molar refractivity (Wildman–Crippen MR) is 102 cm³/mol. The predicted octanol–water partition coefficient (Wildman–Crippen LogP) is 3.28. The van der Waals surface area contributed by atoms with Gasteiger partial charge in [-0.25, -0.2) is 4.79 Å². The fourth-order valence-electron chi connectivity index (χ4n) is 3.95. The largest absolute Gasteiger partial charge is 0.376 e. The summed E-state index contributed by atoms with van der Waals surface area (Å²) in [7, 11) is 0. The Morgan fingerprint density at radius 3 is 2.52 bits per heavy atom. The highest BCUT2D eigenvalue weighted by Crippen LogP contribution is 2.37. The molecular weight excluding hydrogens is 340 g/mol. The van der Waals surface area contributed by atoms with Crippen LogP contribution in [0.25, 0.3) is 0 Å². The molecule has 0 saturated carbocycles. The molecule has 27 heavy (non-hydrogen) atoms. The number of benzene rings is 2. The zero-order valence-corrected chi connectivity index (χ0v) is 15.7. The lowest BCUT2D eigenvalue weighted by Gasteiger charge is -2.29. The molecule has 2 atom stereocenters. The Morgan fingerprint density at radius 2 is 1.85 bits per heavy atom. The van der Waals surface area contributed by atoms with Gasteiger partial charge in [0, 0.05) is 6.61 Å². The van der Waals surface area contributed by atoms with Crippen molar-refractivity contribution in [2.75, 3.05) is 13.2 Å². The van der Waals surface area contributed by atoms with E-state index in [9.17, 15) is 9.59 Å². The van der Waals surface area contributed by atoms with Crippen LogP contribution in [0.4, 0.5) is 4.79 Å². The van der Waals surface area contributed by atoms with Gasteiger partial charge >= 0.3 is 6.03 Å². The topological polar surface area (TPSA) is 58.6 Å². The number of carbonyl (C=O) groups excluding carboxylic acids is 2. The van der Waals surface area contributed by atoms with E-state index >= 15 is 0 Å². The SMILES string of the molecule is Cc1ccc([C@]2(c3ccccc3)NC(=O)N(C[C@@H]3CCCO3)C2=O)cc1C. The van der Waals surface area contributed by atoms with Gasteiger partial charge in [0.1, 0.15) is 0 Å². The Bertz CT molecular complexity index is 874. The highest BCUT2D eigenvalue weighted by molar-refractivity contribution is 6.09. The van der Waals surface area contributed by atoms with Gasteiger partial charge in [-0.05, 0) is 48.9 Å². The molecule has 0 spiro atoms. The van der Waals surface area contributed by atoms with Crippen LogP contribution in [0.1, 0.15) is 35.1 Å². The lowest BCUT2D eigenvalue weighted by Crippen LogP contribution is -2.45. The molecule has 2 aromatic carbocycles. The number of aryl methyl sites for hydroxylation is 2. The van der Waals surface area contributed by atoms with Crippen molar-refractivity contribution >= 4 is 11.9 Å². The third-order valence-corrected chi connectivity index (χ3v) is 5.66. The van der Waals surface area contributed by atoms with Crippen LogP contribution in [0.5, 0.6) is 0 Å². The molecule has 0 aliphatic carbocycles. The zero-order chi connectivity index (χ0) is 19.0. The number of hydrogen-bond donors (Lipinski definition) is 1. The molecule has 0 bridgehead atoms. The highest BCUT2D eigenvalue weighted by Gasteiger charge is 2.54. The van der Waals surface area contributed by atoms with Gasteiger partial charge in [-0.1, -0.05) is 48.5 Å². The number of nitrogens with zero attached hydrogens (tertiary/aromatic N) is 1. The van der Waals surface area contributed by atoms with Gasteiger partial charge in [0.15, 0.2) is 5.54 Å². The van der Waals surface area contributed by atoms with Crippen LogP contribution >= 0.6 is 0 Å². The lowest BCUT2D eigenvalue weighted by atomic mass is 9.81. The molecule has 2 saturated heterocycles. The summed E-state index contributed by atoms with van der Waals surface area (Å²) in [4.78, 5) is 27.8. The van der Waals surface area contributed by atoms with E-state index in [1.165, 1.54) is 4.90 Å². The normalized spacial score (nSPS) is 25.1. The van der Waals surface area contributed by atoms with Crippen LogP contribution in [0.15, 0.2) is 48.5 Å². The summed E-state index contributed by atoms with van der Waals surface area (Å²) in [5.41, 5.74) is 2.58. The summed E-state index contributed by atoms with van der Waals surface area (Å²) in [6.07, 6.45) is 1.76. The molecular formula is C22H24N2O3. The van der Waals surface area contributed by atoms with Crippen molar-refractivity contribution in [3.05, 3.63) is 70.8 Å². The van der Waals surface area contributed by atoms with Crippen molar-refractivity contribution in [3.8, 4) is 0 Å². The Hall–Kier alpha value is -2.66. The lowest BCUT2D eigenvalue weighted by molar-refractivity contribution is -0.131. The molecule has 1 N–H and O–H groups in total. The molecule has 2 aromatic rings. The Morgan fingerprint density at radius 1 is 1.07 bits per heavy atom. The minimum Gasteiger partial charge on any atom is -0.376 e. The number of rotatable bonds is 4. The smallest absolute Gasteiger partial charge is 0.325 e. The fraction of sp³-hybridized carbons (Fsp3) is 0.364. The van der Waals surface area contributed by atoms with Gasteiger partial charge < -0.3 is 10.1 Å². The molecule has 2 fully saturated rings. The van der Waals surface area contributed by atoms with Crippen LogP contribution in [0.2, 0.25) is 0 Å². The number of nitrogens with one attached hydrogen (secondary N) is 1. The van der Waals surface area contributed by atoms with Gasteiger partial charge in [-0.2, -0.15) is 0 Å². The molecule has 0 radical (unpaired) electrons. The summed E-state index contributed by atoms with van der Waals surface area (Å²) in [6.45, 7) is 5.04. The quantitative estimate of drug-likeness (QED) is 0.847. The standard InChI is InChI=1S/C22H24N2O3/c1-15-10-11-18(13-16(15)2)22(17-7-4-3-5-8-17)20(25)24(21(26)23-22)14-19-9-6-12-27-19/h3-5,7-8,10-11,13,19H,6,9,12,14H2,1-2H3,(H,23,26)/t19-,22-/m0/s1. The zero-order valence-electron chi connectivity index (χ0n) is 15.7. The summed E-state index contributed by atoms with van der Waals surface area (Å²) in [5, 5.41) is 3.00. The van der Waals surface area contributed by atoms with E-state index in [1.807, 2.05) is 62.4 Å². The number of urea groups is 1. The van der Waals surface area contributed by atoms with Crippen molar-refractivity contribution in [1.29, 1.82) is 0 Å². The molecule has 0 aromatic heterocycles. The fourth-order valence-corrected chi connectivity index (χ4v) is 3.95. The maximum Gasteiger partial charge on any atom is 0.325 e. The average Bonchev–Trinajstić information content (AvgIpc) is 3.27. The van der Waals surface area contributed by atoms with E-state index < -0.39 is 5.54 Å². The third-order valence-electron chi connectivity index (χ3n) is 5.66. The van der Waals surface area contributed by atoms with Crippen molar-refractivity contribution in [2.24, 2.45) is 0 Å². The monoisotopic (exact) mass is 364 g/mol. The second kappa shape index (κ2) is 6.82. The van der Waals surface area contributed by atoms with Crippen LogP contribution < -0.4 is 5.32 Å². The minimum atomic E-state index is -1.20. The van der Waals surface area contributed by atoms with Crippen molar-refractivity contribution in [2.45, 2.75) is 38.3 Å². The summed E-state index contributed by atoms with van der Waals surface area (Å²) in [5.74, 6) is -0.238. The van der Waals surface area contributed by atoms with Crippen molar-refractivity contribution in [3.63, 3.8) is 0 Å². The van der Waals surface area contributed by atoms with Crippen LogP contribution in [0.3, 0.4) is 0 Å². The van der Waals surface area contributed by atoms with Gasteiger partial charge in [0.05, 0.1) is 12.6 Å². The third kappa shape index (κ3) is 2.92. The molecule has 3 amide bonds. The minimum absolute atomic E-state index is 0.0778. The maximum absolute atomic E-state index is 13.6. The van der Waals surface area contributed by atoms with E-state index in [1.54, 1.807) is 0 Å². The Labute approximate surface area is 159 Å². The van der Waals surface area contributed by atoms with E-state index in [2.05, 4.69) is 5.32 Å². The molecule has 2 aliphatic rings. The van der Waals surface area contributed by atoms with E-state index in [-0.39, 0.29) is 18.0 Å². The first-order valence-corrected chi connectivity index (χ1v) is 9.41. The highest BCUT2D eigenvalue weighted by atomic mass is 16.5. The Balaban J connectivity index is 1.80. The number of ether oxygens (including phenoxy) is 1. The molecule has 5 heteroatoms. The molecule has 140 valence electrons. The van der Waals surface area contributed by atoms with Gasteiger partial charge in [-0.3, -0.25) is 9.69 Å². The van der Waals surface area contributed by atoms with E-state index in [0.717, 1.165) is 35.1 Å². The van der Waals surface area contributed by atoms with Crippen molar-refractivity contribution < 1.29 is 14.3 Å². The summed E-state index contributed by atoms with van der Waals surface area (Å²) >= 11 is 0. The number of imide groups is 1. The molecule has 2 heterocycles. The van der Waals surface area contributed by atoms with Crippen LogP contribution in [-0.2, 0) is 15.1 Å². The second-order valence-corrected chi connectivity index (χ2v) is 7.40. The number of carbonyl (C=O) groups is 2. The van der Waals surface area contributed by atoms with Gasteiger partial charge in [0.25, 0.3) is 5.91 Å². The van der Waals surface area contributed by atoms with Crippen LogP contribution in [0, 0.1) is 13.8 Å². The first kappa shape index (κ1) is 17.7. The van der Waals surface area contributed by atoms with Crippen LogP contribution in [-0.4, -0.2) is 36.1 Å². The number of amides is 3. The Kier molecular flexibility index (Phi) is 4.48.